The van der Waals surface area contributed by atoms with Gasteiger partial charge in [0, 0.05) is 28.8 Å². The third-order valence-electron chi connectivity index (χ3n) is 8.94. The maximum absolute atomic E-state index is 13.3. The quantitative estimate of drug-likeness (QED) is 0.0780. The lowest BCUT2D eigenvalue weighted by Gasteiger charge is -2.46. The highest BCUT2D eigenvalue weighted by Crippen LogP contribution is 2.45. The minimum Gasteiger partial charge on any atom is -0.506 e. The molecule has 0 amide bonds. The number of fused-ring (bicyclic) bond motifs is 2. The predicted octanol–water partition coefficient (Wildman–Crippen LogP) is 1.04. The molecule has 5 unspecified atom stereocenters. The molecule has 5 N–H and O–H groups in total. The second-order valence-corrected chi connectivity index (χ2v) is 11.7. The molecule has 4 heterocycles. The Morgan fingerprint density at radius 1 is 0.787 bits per heavy atom. The van der Waals surface area contributed by atoms with Gasteiger partial charge in [0.1, 0.15) is 53.0 Å². The van der Waals surface area contributed by atoms with Crippen LogP contribution < -0.4 is 16.0 Å². The summed E-state index contributed by atoms with van der Waals surface area (Å²) in [5, 5.41) is 54.7. The number of terminal acetylenes is 1. The first-order chi connectivity index (χ1) is 22.4. The van der Waals surface area contributed by atoms with Gasteiger partial charge >= 0.3 is 11.3 Å². The average Bonchev–Trinajstić information content (AvgIpc) is 3.05. The van der Waals surface area contributed by atoms with E-state index in [-0.39, 0.29) is 54.8 Å². The number of rotatable bonds is 5. The van der Waals surface area contributed by atoms with Crippen LogP contribution in [0.2, 0.25) is 0 Å². The summed E-state index contributed by atoms with van der Waals surface area (Å²) in [6, 6.07) is 7.29. The molecule has 2 aliphatic heterocycles. The highest BCUT2D eigenvalue weighted by molar-refractivity contribution is 6.28. The standard InChI is InChI=1S/C33H30O14/c1-5-13-9-15-18-17(10-13)44-31(40)21-20(18)27(46-30(15)39)19-14(24(21)36)7-6-8-16(19)45-33-29(25(37)22(34)11(2)43-33)47-32-26(38)28(41-4)23(35)12(3)42-32/h1,6-12,22-23,25-26,28-29,32-38H,2-4H3/t11?,12?,22-,23-,25-,26?,28?,29?,32+,33-/m0/s1. The summed E-state index contributed by atoms with van der Waals surface area (Å²) in [7, 11) is 1.30. The van der Waals surface area contributed by atoms with Gasteiger partial charge in [-0.25, -0.2) is 9.59 Å². The summed E-state index contributed by atoms with van der Waals surface area (Å²) >= 11 is 0. The van der Waals surface area contributed by atoms with Crippen LogP contribution in [0.4, 0.5) is 0 Å². The van der Waals surface area contributed by atoms with E-state index in [1.165, 1.54) is 44.4 Å². The zero-order valence-electron chi connectivity index (χ0n) is 25.1. The number of phenolic OH excluding ortho intramolecular Hbond substituents is 1. The van der Waals surface area contributed by atoms with Crippen molar-refractivity contribution in [3.63, 3.8) is 0 Å². The van der Waals surface area contributed by atoms with E-state index in [9.17, 15) is 35.1 Å². The third-order valence-corrected chi connectivity index (χ3v) is 8.94. The first kappa shape index (κ1) is 31.3. The molecule has 0 spiro atoms. The lowest BCUT2D eigenvalue weighted by Crippen LogP contribution is -2.64. The van der Waals surface area contributed by atoms with Gasteiger partial charge in [0.2, 0.25) is 6.29 Å². The van der Waals surface area contributed by atoms with E-state index in [1.54, 1.807) is 6.92 Å². The molecule has 246 valence electrons. The molecule has 7 rings (SSSR count). The summed E-state index contributed by atoms with van der Waals surface area (Å²) < 4.78 is 40.3. The molecule has 5 aromatic rings. The molecule has 0 bridgehead atoms. The molecule has 10 atom stereocenters. The number of phenols is 1. The maximum Gasteiger partial charge on any atom is 0.348 e. The Kier molecular flexibility index (Phi) is 7.62. The van der Waals surface area contributed by atoms with E-state index in [0.29, 0.717) is 0 Å². The molecule has 2 aliphatic rings. The molecule has 0 saturated carbocycles. The van der Waals surface area contributed by atoms with Crippen LogP contribution in [-0.4, -0.2) is 94.1 Å². The number of aromatic hydroxyl groups is 1. The van der Waals surface area contributed by atoms with Crippen LogP contribution >= 0.6 is 0 Å². The van der Waals surface area contributed by atoms with Crippen molar-refractivity contribution < 1.29 is 58.1 Å². The highest BCUT2D eigenvalue weighted by Gasteiger charge is 2.50. The van der Waals surface area contributed by atoms with Gasteiger partial charge in [-0.05, 0) is 32.0 Å². The second kappa shape index (κ2) is 11.4. The predicted molar refractivity (Wildman–Crippen MR) is 163 cm³/mol. The Morgan fingerprint density at radius 3 is 2.23 bits per heavy atom. The molecule has 47 heavy (non-hydrogen) atoms. The topological polar surface area (TPSA) is 208 Å². The molecule has 2 fully saturated rings. The SMILES string of the molecule is C#Cc1cc2oc(=O)c3c(O)c4cccc(O[C@@H]5OC(C)[C@H](O)[C@H](O)C5O[C@H]5OC(C)[C@H](O)C(OC)C5O)c4c4oc(=O)c(c1)c2c34. The van der Waals surface area contributed by atoms with Crippen molar-refractivity contribution in [1.82, 2.24) is 0 Å². The van der Waals surface area contributed by atoms with Gasteiger partial charge < -0.3 is 58.1 Å². The van der Waals surface area contributed by atoms with Gasteiger partial charge in [-0.3, -0.25) is 0 Å². The molecule has 2 aromatic heterocycles. The first-order valence-electron chi connectivity index (χ1n) is 14.7. The van der Waals surface area contributed by atoms with Crippen molar-refractivity contribution in [3.05, 3.63) is 56.7 Å². The van der Waals surface area contributed by atoms with Crippen molar-refractivity contribution in [1.29, 1.82) is 0 Å². The Hall–Kier alpha value is -4.30. The molecule has 0 aliphatic carbocycles. The van der Waals surface area contributed by atoms with Gasteiger partial charge in [-0.2, -0.15) is 0 Å². The number of aliphatic hydroxyl groups excluding tert-OH is 4. The fourth-order valence-corrected chi connectivity index (χ4v) is 6.50. The van der Waals surface area contributed by atoms with Crippen molar-refractivity contribution >= 4 is 43.5 Å². The van der Waals surface area contributed by atoms with E-state index < -0.39 is 78.4 Å². The van der Waals surface area contributed by atoms with Crippen LogP contribution in [0.3, 0.4) is 0 Å². The third kappa shape index (κ3) is 4.74. The van der Waals surface area contributed by atoms with Gasteiger partial charge in [0.25, 0.3) is 0 Å². The molecule has 14 heteroatoms. The van der Waals surface area contributed by atoms with Crippen LogP contribution in [-0.2, 0) is 18.9 Å². The normalized spacial score (nSPS) is 31.5. The number of methoxy groups -OCH3 is 1. The van der Waals surface area contributed by atoms with Crippen LogP contribution in [0.5, 0.6) is 11.5 Å². The van der Waals surface area contributed by atoms with E-state index >= 15 is 0 Å². The zero-order chi connectivity index (χ0) is 33.5. The Labute approximate surface area is 264 Å². The van der Waals surface area contributed by atoms with Gasteiger partial charge in [-0.15, -0.1) is 6.42 Å². The second-order valence-electron chi connectivity index (χ2n) is 11.7. The lowest BCUT2D eigenvalue weighted by molar-refractivity contribution is -0.353. The van der Waals surface area contributed by atoms with Crippen molar-refractivity contribution in [2.45, 2.75) is 75.3 Å². The number of ether oxygens (including phenoxy) is 5. The monoisotopic (exact) mass is 650 g/mol. The minimum atomic E-state index is -1.62. The Balaban J connectivity index is 1.39. The molecule has 2 saturated heterocycles. The number of hydrogen-bond donors (Lipinski definition) is 5. The van der Waals surface area contributed by atoms with Gasteiger partial charge in [0.15, 0.2) is 18.0 Å². The summed E-state index contributed by atoms with van der Waals surface area (Å²) in [5.41, 5.74) is -1.52. The van der Waals surface area contributed by atoms with Gasteiger partial charge in [-0.1, -0.05) is 18.1 Å². The van der Waals surface area contributed by atoms with E-state index in [2.05, 4.69) is 5.92 Å². The highest BCUT2D eigenvalue weighted by atomic mass is 16.8. The summed E-state index contributed by atoms with van der Waals surface area (Å²) in [4.78, 5) is 26.5. The summed E-state index contributed by atoms with van der Waals surface area (Å²) in [6.45, 7) is 3.04. The van der Waals surface area contributed by atoms with Gasteiger partial charge in [0.05, 0.1) is 23.0 Å². The number of aliphatic hydroxyl groups is 4. The number of hydrogen-bond acceptors (Lipinski definition) is 14. The Bertz CT molecular complexity index is 2160. The van der Waals surface area contributed by atoms with Crippen molar-refractivity contribution in [3.8, 4) is 23.8 Å². The van der Waals surface area contributed by atoms with Crippen LogP contribution in [0.1, 0.15) is 19.4 Å². The summed E-state index contributed by atoms with van der Waals surface area (Å²) in [6.07, 6.45) is -7.56. The van der Waals surface area contributed by atoms with Crippen molar-refractivity contribution in [2.24, 2.45) is 0 Å². The molecule has 14 nitrogen and oxygen atoms in total. The minimum absolute atomic E-state index is 0.0118. The lowest BCUT2D eigenvalue weighted by atomic mass is 9.96. The Morgan fingerprint density at radius 2 is 1.51 bits per heavy atom. The number of benzene rings is 3. The molecular formula is C33H30O14. The van der Waals surface area contributed by atoms with E-state index in [4.69, 9.17) is 38.9 Å². The molecule has 3 aromatic carbocycles. The van der Waals surface area contributed by atoms with Crippen LogP contribution in [0.15, 0.2) is 48.8 Å². The zero-order valence-corrected chi connectivity index (χ0v) is 25.1. The largest absolute Gasteiger partial charge is 0.506 e. The first-order valence-corrected chi connectivity index (χ1v) is 14.7. The van der Waals surface area contributed by atoms with Crippen LogP contribution in [0.25, 0.3) is 43.5 Å². The smallest absolute Gasteiger partial charge is 0.348 e. The summed E-state index contributed by atoms with van der Waals surface area (Å²) in [5.74, 6) is 1.92. The molecular weight excluding hydrogens is 620 g/mol. The van der Waals surface area contributed by atoms with Crippen LogP contribution in [0, 0.1) is 12.3 Å². The fourth-order valence-electron chi connectivity index (χ4n) is 6.50. The van der Waals surface area contributed by atoms with Crippen molar-refractivity contribution in [2.75, 3.05) is 7.11 Å². The van der Waals surface area contributed by atoms with E-state index in [0.717, 1.165) is 0 Å². The fraction of sp³-hybridized carbons (Fsp3) is 0.394. The molecule has 0 radical (unpaired) electrons. The van der Waals surface area contributed by atoms with E-state index in [1.807, 2.05) is 0 Å². The maximum atomic E-state index is 13.3. The average molecular weight is 651 g/mol.